The third-order valence-corrected chi connectivity index (χ3v) is 4.17. The van der Waals surface area contributed by atoms with Gasteiger partial charge in [0.1, 0.15) is 11.9 Å². The number of hydrogen-bond donors (Lipinski definition) is 1. The van der Waals surface area contributed by atoms with E-state index in [4.69, 9.17) is 4.74 Å². The highest BCUT2D eigenvalue weighted by Crippen LogP contribution is 2.28. The summed E-state index contributed by atoms with van der Waals surface area (Å²) in [5.41, 5.74) is 4.01. The predicted molar refractivity (Wildman–Crippen MR) is 78.0 cm³/mol. The molecule has 2 aromatic rings. The minimum Gasteiger partial charge on any atom is -0.459 e. The summed E-state index contributed by atoms with van der Waals surface area (Å²) in [6.07, 6.45) is 2.65. The smallest absolute Gasteiger partial charge is 0.338 e. The van der Waals surface area contributed by atoms with Gasteiger partial charge in [0, 0.05) is 25.1 Å². The van der Waals surface area contributed by atoms with Crippen LogP contribution in [0.4, 0.5) is 0 Å². The second-order valence-corrected chi connectivity index (χ2v) is 5.68. The molecule has 5 nitrogen and oxygen atoms in total. The van der Waals surface area contributed by atoms with Gasteiger partial charge < -0.3 is 14.6 Å². The molecule has 1 aromatic carbocycles. The number of cyclic esters (lactones) is 1. The number of ether oxygens (including phenoxy) is 1. The molecule has 0 bridgehead atoms. The van der Waals surface area contributed by atoms with E-state index in [-0.39, 0.29) is 12.1 Å². The number of nitrogens with zero attached hydrogens (tertiary/aromatic N) is 2. The van der Waals surface area contributed by atoms with Crippen molar-refractivity contribution < 1.29 is 9.53 Å². The molecular formula is C16H17N3O2. The highest BCUT2D eigenvalue weighted by molar-refractivity contribution is 5.93. The molecule has 5 heteroatoms. The highest BCUT2D eigenvalue weighted by atomic mass is 16.5. The van der Waals surface area contributed by atoms with Crippen molar-refractivity contribution in [3.63, 3.8) is 0 Å². The number of benzene rings is 1. The Hall–Kier alpha value is -2.14. The molecule has 2 aliphatic rings. The number of carbonyl (C=O) groups excluding carboxylic acids is 1. The molecule has 0 amide bonds. The van der Waals surface area contributed by atoms with Crippen molar-refractivity contribution in [2.75, 3.05) is 6.54 Å². The summed E-state index contributed by atoms with van der Waals surface area (Å²) in [7, 11) is 0. The lowest BCUT2D eigenvalue weighted by atomic mass is 9.96. The highest BCUT2D eigenvalue weighted by Gasteiger charge is 2.24. The summed E-state index contributed by atoms with van der Waals surface area (Å²) < 4.78 is 7.52. The zero-order valence-electron chi connectivity index (χ0n) is 11.9. The first-order chi connectivity index (χ1) is 10.2. The van der Waals surface area contributed by atoms with Crippen LogP contribution in [0.3, 0.4) is 0 Å². The van der Waals surface area contributed by atoms with Gasteiger partial charge >= 0.3 is 5.97 Å². The molecule has 108 valence electrons. The van der Waals surface area contributed by atoms with Crippen LogP contribution in [0.5, 0.6) is 0 Å². The lowest BCUT2D eigenvalue weighted by molar-refractivity contribution is 0.0301. The molecule has 4 rings (SSSR count). The summed E-state index contributed by atoms with van der Waals surface area (Å²) in [5, 5.41) is 3.32. The Morgan fingerprint density at radius 2 is 2.33 bits per heavy atom. The topological polar surface area (TPSA) is 56.2 Å². The molecule has 0 fully saturated rings. The summed E-state index contributed by atoms with van der Waals surface area (Å²) in [6.45, 7) is 4.64. The van der Waals surface area contributed by atoms with E-state index in [0.717, 1.165) is 48.7 Å². The molecular weight excluding hydrogens is 266 g/mol. The van der Waals surface area contributed by atoms with Crippen molar-refractivity contribution in [3.05, 3.63) is 41.3 Å². The first-order valence-corrected chi connectivity index (χ1v) is 7.32. The van der Waals surface area contributed by atoms with Crippen LogP contribution in [0.2, 0.25) is 0 Å². The molecule has 3 heterocycles. The number of fused-ring (bicyclic) bond motifs is 2. The Morgan fingerprint density at radius 3 is 3.24 bits per heavy atom. The van der Waals surface area contributed by atoms with Gasteiger partial charge in [-0.2, -0.15) is 0 Å². The van der Waals surface area contributed by atoms with Gasteiger partial charge in [-0.1, -0.05) is 6.07 Å². The van der Waals surface area contributed by atoms with Crippen LogP contribution in [-0.2, 0) is 24.2 Å². The van der Waals surface area contributed by atoms with E-state index in [1.165, 1.54) is 0 Å². The number of aromatic nitrogens is 2. The first kappa shape index (κ1) is 12.6. The van der Waals surface area contributed by atoms with Crippen LogP contribution in [0.15, 0.2) is 24.4 Å². The van der Waals surface area contributed by atoms with Gasteiger partial charge in [0.25, 0.3) is 0 Å². The molecule has 0 aliphatic carbocycles. The Labute approximate surface area is 122 Å². The SMILES string of the molecule is C[C@H]1Cc2cc(-c3cnc4n3CCNC4)ccc2C(=O)O1. The van der Waals surface area contributed by atoms with Crippen LogP contribution in [0.25, 0.3) is 11.3 Å². The van der Waals surface area contributed by atoms with Crippen molar-refractivity contribution in [2.24, 2.45) is 0 Å². The third kappa shape index (κ3) is 2.05. The second kappa shape index (κ2) is 4.70. The maximum Gasteiger partial charge on any atom is 0.338 e. The van der Waals surface area contributed by atoms with Crippen molar-refractivity contribution >= 4 is 5.97 Å². The standard InChI is InChI=1S/C16H17N3O2/c1-10-6-12-7-11(2-3-13(12)16(20)21-10)14-8-18-15-9-17-4-5-19(14)15/h2-3,7-8,10,17H,4-6,9H2,1H3/t10-/m0/s1. The first-order valence-electron chi connectivity index (χ1n) is 7.32. The number of hydrogen-bond acceptors (Lipinski definition) is 4. The van der Waals surface area contributed by atoms with Crippen molar-refractivity contribution in [3.8, 4) is 11.3 Å². The van der Waals surface area contributed by atoms with E-state index in [1.54, 1.807) is 0 Å². The third-order valence-electron chi connectivity index (χ3n) is 4.17. The van der Waals surface area contributed by atoms with Crippen LogP contribution in [-0.4, -0.2) is 28.2 Å². The van der Waals surface area contributed by atoms with Crippen molar-refractivity contribution in [1.82, 2.24) is 14.9 Å². The fourth-order valence-electron chi connectivity index (χ4n) is 3.14. The van der Waals surface area contributed by atoms with Crippen molar-refractivity contribution in [1.29, 1.82) is 0 Å². The van der Waals surface area contributed by atoms with Crippen molar-refractivity contribution in [2.45, 2.75) is 32.5 Å². The summed E-state index contributed by atoms with van der Waals surface area (Å²) in [6, 6.07) is 5.97. The average molecular weight is 283 g/mol. The molecule has 0 unspecified atom stereocenters. The van der Waals surface area contributed by atoms with Crippen LogP contribution >= 0.6 is 0 Å². The van der Waals surface area contributed by atoms with E-state index in [0.29, 0.717) is 5.56 Å². The monoisotopic (exact) mass is 283 g/mol. The lowest BCUT2D eigenvalue weighted by Crippen LogP contribution is -2.28. The molecule has 0 radical (unpaired) electrons. The maximum atomic E-state index is 11.9. The van der Waals surface area contributed by atoms with E-state index in [9.17, 15) is 4.79 Å². The molecule has 0 saturated heterocycles. The summed E-state index contributed by atoms with van der Waals surface area (Å²) in [4.78, 5) is 16.4. The quantitative estimate of drug-likeness (QED) is 0.810. The average Bonchev–Trinajstić information content (AvgIpc) is 2.90. The van der Waals surface area contributed by atoms with Gasteiger partial charge in [-0.15, -0.1) is 0 Å². The largest absolute Gasteiger partial charge is 0.459 e. The zero-order chi connectivity index (χ0) is 14.4. The normalized spacial score (nSPS) is 20.6. The Kier molecular flexibility index (Phi) is 2.82. The number of rotatable bonds is 1. The molecule has 1 atom stereocenters. The van der Waals surface area contributed by atoms with Gasteiger partial charge in [0.2, 0.25) is 0 Å². The maximum absolute atomic E-state index is 11.9. The van der Waals surface area contributed by atoms with Crippen LogP contribution in [0.1, 0.15) is 28.7 Å². The van der Waals surface area contributed by atoms with Gasteiger partial charge in [0.05, 0.1) is 24.0 Å². The van der Waals surface area contributed by atoms with Gasteiger partial charge in [-0.05, 0) is 24.6 Å². The minimum absolute atomic E-state index is 0.0520. The van der Waals surface area contributed by atoms with E-state index in [1.807, 2.05) is 25.3 Å². The number of nitrogens with one attached hydrogen (secondary N) is 1. The molecule has 1 aromatic heterocycles. The number of esters is 1. The van der Waals surface area contributed by atoms with E-state index >= 15 is 0 Å². The zero-order valence-corrected chi connectivity index (χ0v) is 11.9. The molecule has 0 spiro atoms. The van der Waals surface area contributed by atoms with Gasteiger partial charge in [0.15, 0.2) is 0 Å². The Bertz CT molecular complexity index is 720. The van der Waals surface area contributed by atoms with Gasteiger partial charge in [-0.3, -0.25) is 0 Å². The van der Waals surface area contributed by atoms with Crippen LogP contribution < -0.4 is 5.32 Å². The summed E-state index contributed by atoms with van der Waals surface area (Å²) >= 11 is 0. The number of carbonyl (C=O) groups is 1. The lowest BCUT2D eigenvalue weighted by Gasteiger charge is -2.23. The van der Waals surface area contributed by atoms with Gasteiger partial charge in [-0.25, -0.2) is 9.78 Å². The Balaban J connectivity index is 1.78. The summed E-state index contributed by atoms with van der Waals surface area (Å²) in [5.74, 6) is 0.858. The molecule has 2 aliphatic heterocycles. The predicted octanol–water partition coefficient (Wildman–Crippen LogP) is 1.75. The minimum atomic E-state index is -0.213. The molecule has 1 N–H and O–H groups in total. The second-order valence-electron chi connectivity index (χ2n) is 5.68. The Morgan fingerprint density at radius 1 is 1.43 bits per heavy atom. The fourth-order valence-corrected chi connectivity index (χ4v) is 3.14. The van der Waals surface area contributed by atoms with E-state index in [2.05, 4.69) is 20.9 Å². The van der Waals surface area contributed by atoms with E-state index < -0.39 is 0 Å². The van der Waals surface area contributed by atoms with Crippen LogP contribution in [0, 0.1) is 0 Å². The molecule has 0 saturated carbocycles. The number of imidazole rings is 1. The fraction of sp³-hybridized carbons (Fsp3) is 0.375. The molecule has 21 heavy (non-hydrogen) atoms.